The molecule has 0 atom stereocenters. The van der Waals surface area contributed by atoms with Gasteiger partial charge in [-0.2, -0.15) is 0 Å². The van der Waals surface area contributed by atoms with Crippen molar-refractivity contribution in [2.24, 2.45) is 0 Å². The normalized spacial score (nSPS) is 17.0. The topological polar surface area (TPSA) is 3.01 Å². The molecule has 0 aromatic heterocycles. The molecule has 0 N–H and O–H groups in total. The van der Waals surface area contributed by atoms with Crippen LogP contribution >= 0.6 is 0 Å². The Bertz CT molecular complexity index is 82.2. The van der Waals surface area contributed by atoms with Crippen molar-refractivity contribution in [3.05, 3.63) is 12.3 Å². The first-order valence-electron chi connectivity index (χ1n) is 2.77. The smallest absolute Gasteiger partial charge is 0.0351 e. The molecule has 0 aliphatic carbocycles. The molecule has 0 amide bonds. The van der Waals surface area contributed by atoms with E-state index in [0.29, 0.717) is 0 Å². The van der Waals surface area contributed by atoms with E-state index in [1.54, 1.807) is 0 Å². The summed E-state index contributed by atoms with van der Waals surface area (Å²) in [5, 5.41) is 0. The molecule has 0 unspecified atom stereocenters. The summed E-state index contributed by atoms with van der Waals surface area (Å²) >= 11 is 0. The first kappa shape index (κ1) is 4.69. The first-order valence-corrected chi connectivity index (χ1v) is 2.77. The molecule has 1 rings (SSSR count). The van der Waals surface area contributed by atoms with Gasteiger partial charge in [0, 0.05) is 18.8 Å². The maximum atomic E-state index is 3.86. The third-order valence-electron chi connectivity index (χ3n) is 1.30. The summed E-state index contributed by atoms with van der Waals surface area (Å²) in [7, 11) is 0. The maximum Gasteiger partial charge on any atom is 0.0351 e. The second-order valence-electron chi connectivity index (χ2n) is 1.91. The molecule has 1 heterocycles. The summed E-state index contributed by atoms with van der Waals surface area (Å²) in [6, 6.07) is 0. The van der Waals surface area contributed by atoms with Crippen molar-refractivity contribution >= 4 is 0 Å². The fourth-order valence-electron chi connectivity index (χ4n) is 0.590. The molecule has 40 valence electrons. The van der Waals surface area contributed by atoms with Crippen LogP contribution in [-0.2, 0) is 0 Å². The number of hydrogen-bond acceptors (Lipinski definition) is 1. The molecule has 0 spiro atoms. The van der Waals surface area contributed by atoms with Gasteiger partial charge in [-0.3, -0.25) is 0 Å². The lowest BCUT2D eigenvalue weighted by Gasteiger charge is -1.99. The van der Waals surface area contributed by atoms with E-state index in [-0.39, 0.29) is 0 Å². The van der Waals surface area contributed by atoms with Crippen molar-refractivity contribution in [3.8, 4) is 0 Å². The lowest BCUT2D eigenvalue weighted by Crippen LogP contribution is -1.91. The standard InChI is InChI=1S/C6H11N/c1-3-6(2)7-4-5-7/h2-5H2,1H3. The summed E-state index contributed by atoms with van der Waals surface area (Å²) in [5.74, 6) is 0. The van der Waals surface area contributed by atoms with Gasteiger partial charge in [0.15, 0.2) is 0 Å². The van der Waals surface area contributed by atoms with Crippen molar-refractivity contribution in [2.45, 2.75) is 13.3 Å². The zero-order valence-electron chi connectivity index (χ0n) is 4.78. The summed E-state index contributed by atoms with van der Waals surface area (Å²) < 4.78 is 0. The van der Waals surface area contributed by atoms with E-state index in [0.717, 1.165) is 6.42 Å². The van der Waals surface area contributed by atoms with Crippen molar-refractivity contribution in [3.63, 3.8) is 0 Å². The Morgan fingerprint density at radius 3 is 2.43 bits per heavy atom. The second-order valence-corrected chi connectivity index (χ2v) is 1.91. The van der Waals surface area contributed by atoms with Crippen molar-refractivity contribution in [1.29, 1.82) is 0 Å². The lowest BCUT2D eigenvalue weighted by molar-refractivity contribution is 0.666. The Kier molecular flexibility index (Phi) is 1.05. The van der Waals surface area contributed by atoms with Gasteiger partial charge in [-0.05, 0) is 6.42 Å². The van der Waals surface area contributed by atoms with Crippen LogP contribution in [0, 0.1) is 0 Å². The summed E-state index contributed by atoms with van der Waals surface area (Å²) in [5.41, 5.74) is 1.29. The zero-order valence-corrected chi connectivity index (χ0v) is 4.78. The highest BCUT2D eigenvalue weighted by molar-refractivity contribution is 4.99. The Hall–Kier alpha value is -0.460. The van der Waals surface area contributed by atoms with Crippen LogP contribution in [0.1, 0.15) is 13.3 Å². The minimum atomic E-state index is 1.11. The third kappa shape index (κ3) is 0.952. The average molecular weight is 97.2 g/mol. The Labute approximate surface area is 44.6 Å². The van der Waals surface area contributed by atoms with Crippen LogP contribution in [-0.4, -0.2) is 18.0 Å². The van der Waals surface area contributed by atoms with Crippen LogP contribution in [0.4, 0.5) is 0 Å². The fraction of sp³-hybridized carbons (Fsp3) is 0.667. The van der Waals surface area contributed by atoms with Crippen LogP contribution < -0.4 is 0 Å². The van der Waals surface area contributed by atoms with Crippen LogP contribution in [0.2, 0.25) is 0 Å². The fourth-order valence-corrected chi connectivity index (χ4v) is 0.590. The van der Waals surface area contributed by atoms with Crippen LogP contribution in [0.3, 0.4) is 0 Å². The Balaban J connectivity index is 2.24. The van der Waals surface area contributed by atoms with E-state index < -0.39 is 0 Å². The van der Waals surface area contributed by atoms with Gasteiger partial charge in [-0.1, -0.05) is 13.5 Å². The van der Waals surface area contributed by atoms with Crippen molar-refractivity contribution < 1.29 is 0 Å². The molecule has 7 heavy (non-hydrogen) atoms. The molecular formula is C6H11N. The monoisotopic (exact) mass is 97.1 g/mol. The molecule has 0 radical (unpaired) electrons. The van der Waals surface area contributed by atoms with E-state index in [4.69, 9.17) is 0 Å². The highest BCUT2D eigenvalue weighted by Gasteiger charge is 2.16. The molecule has 0 saturated carbocycles. The highest BCUT2D eigenvalue weighted by Crippen LogP contribution is 2.13. The summed E-state index contributed by atoms with van der Waals surface area (Å²) in [6.45, 7) is 8.49. The van der Waals surface area contributed by atoms with Gasteiger partial charge in [-0.25, -0.2) is 0 Å². The summed E-state index contributed by atoms with van der Waals surface area (Å²) in [6.07, 6.45) is 1.11. The van der Waals surface area contributed by atoms with Gasteiger partial charge in [0.05, 0.1) is 0 Å². The minimum Gasteiger partial charge on any atom is -0.372 e. The first-order chi connectivity index (χ1) is 3.34. The molecular weight excluding hydrogens is 86.1 g/mol. The molecule has 0 bridgehead atoms. The Morgan fingerprint density at radius 2 is 2.29 bits per heavy atom. The summed E-state index contributed by atoms with van der Waals surface area (Å²) in [4.78, 5) is 2.28. The molecule has 0 aromatic rings. The predicted molar refractivity (Wildman–Crippen MR) is 31.0 cm³/mol. The molecule has 0 aromatic carbocycles. The van der Waals surface area contributed by atoms with E-state index >= 15 is 0 Å². The predicted octanol–water partition coefficient (Wildman–Crippen LogP) is 1.23. The molecule has 1 fully saturated rings. The zero-order chi connectivity index (χ0) is 5.28. The molecule has 1 saturated heterocycles. The Morgan fingerprint density at radius 1 is 1.71 bits per heavy atom. The van der Waals surface area contributed by atoms with E-state index in [1.807, 2.05) is 0 Å². The van der Waals surface area contributed by atoms with Crippen molar-refractivity contribution in [1.82, 2.24) is 4.90 Å². The highest BCUT2D eigenvalue weighted by atomic mass is 15.3. The van der Waals surface area contributed by atoms with Gasteiger partial charge in [-0.15, -0.1) is 0 Å². The minimum absolute atomic E-state index is 1.11. The molecule has 1 nitrogen and oxygen atoms in total. The second kappa shape index (κ2) is 1.57. The van der Waals surface area contributed by atoms with E-state index in [9.17, 15) is 0 Å². The van der Waals surface area contributed by atoms with Crippen LogP contribution in [0.5, 0.6) is 0 Å². The van der Waals surface area contributed by atoms with Gasteiger partial charge < -0.3 is 4.90 Å². The van der Waals surface area contributed by atoms with E-state index in [2.05, 4.69) is 18.4 Å². The number of rotatable bonds is 2. The van der Waals surface area contributed by atoms with Gasteiger partial charge in [0.25, 0.3) is 0 Å². The van der Waals surface area contributed by atoms with Crippen LogP contribution in [0.25, 0.3) is 0 Å². The molecule has 1 heteroatoms. The van der Waals surface area contributed by atoms with Gasteiger partial charge >= 0.3 is 0 Å². The van der Waals surface area contributed by atoms with Gasteiger partial charge in [0.1, 0.15) is 0 Å². The van der Waals surface area contributed by atoms with Crippen molar-refractivity contribution in [2.75, 3.05) is 13.1 Å². The lowest BCUT2D eigenvalue weighted by atomic mass is 10.4. The van der Waals surface area contributed by atoms with E-state index in [1.165, 1.54) is 18.8 Å². The molecule has 1 aliphatic heterocycles. The SMILES string of the molecule is C=C(CC)N1CC1. The third-order valence-corrected chi connectivity index (χ3v) is 1.30. The maximum absolute atomic E-state index is 3.86. The quantitative estimate of drug-likeness (QED) is 0.468. The average Bonchev–Trinajstić information content (AvgIpc) is 2.44. The van der Waals surface area contributed by atoms with Crippen LogP contribution in [0.15, 0.2) is 12.3 Å². The number of nitrogens with zero attached hydrogens (tertiary/aromatic N) is 1. The largest absolute Gasteiger partial charge is 0.372 e. The number of hydrogen-bond donors (Lipinski definition) is 0. The van der Waals surface area contributed by atoms with Gasteiger partial charge in [0.2, 0.25) is 0 Å². The number of allylic oxidation sites excluding steroid dienone is 1. The molecule has 1 aliphatic rings.